The number of benzene rings is 1. The van der Waals surface area contributed by atoms with Crippen molar-refractivity contribution >= 4 is 20.1 Å². The zero-order chi connectivity index (χ0) is 22.4. The third-order valence-corrected chi connectivity index (χ3v) is 11.2. The van der Waals surface area contributed by atoms with Gasteiger partial charge in [-0.25, -0.2) is 0 Å². The van der Waals surface area contributed by atoms with Crippen molar-refractivity contribution in [2.24, 2.45) is 11.8 Å². The van der Waals surface area contributed by atoms with Gasteiger partial charge in [0.25, 0.3) is 0 Å². The first kappa shape index (κ1) is 22.4. The number of methoxy groups -OCH3 is 2. The summed E-state index contributed by atoms with van der Waals surface area (Å²) < 4.78 is 17.6. The van der Waals surface area contributed by atoms with Crippen LogP contribution in [0.2, 0.25) is 18.1 Å². The molecule has 1 aromatic carbocycles. The molecule has 2 amide bonds. The normalized spacial score (nSPS) is 24.5. The molecule has 1 aromatic rings. The number of amides is 2. The molecular formula is C23H33NO5Si. The average molecular weight is 432 g/mol. The summed E-state index contributed by atoms with van der Waals surface area (Å²) >= 11 is 0. The van der Waals surface area contributed by atoms with E-state index in [-0.39, 0.29) is 22.8 Å². The van der Waals surface area contributed by atoms with Gasteiger partial charge in [-0.2, -0.15) is 0 Å². The van der Waals surface area contributed by atoms with Crippen molar-refractivity contribution in [3.05, 3.63) is 35.6 Å². The van der Waals surface area contributed by atoms with Crippen LogP contribution in [0.5, 0.6) is 11.5 Å². The minimum Gasteiger partial charge on any atom is -0.547 e. The van der Waals surface area contributed by atoms with Crippen LogP contribution in [0.1, 0.15) is 38.7 Å². The van der Waals surface area contributed by atoms with E-state index >= 15 is 0 Å². The number of rotatable bonds is 5. The Morgan fingerprint density at radius 3 is 2.30 bits per heavy atom. The molecule has 1 saturated heterocycles. The van der Waals surface area contributed by atoms with Gasteiger partial charge in [-0.05, 0) is 42.4 Å². The molecule has 0 bridgehead atoms. The molecule has 0 unspecified atom stereocenters. The predicted octanol–water partition coefficient (Wildman–Crippen LogP) is 4.33. The maximum Gasteiger partial charge on any atom is 0.250 e. The molecular weight excluding hydrogens is 398 g/mol. The minimum absolute atomic E-state index is 0.0279. The number of imide groups is 1. The van der Waals surface area contributed by atoms with E-state index in [1.54, 1.807) is 21.3 Å². The van der Waals surface area contributed by atoms with Crippen LogP contribution >= 0.6 is 0 Å². The molecule has 0 spiro atoms. The van der Waals surface area contributed by atoms with Gasteiger partial charge in [0.1, 0.15) is 11.5 Å². The molecule has 1 fully saturated rings. The highest BCUT2D eigenvalue weighted by atomic mass is 28.4. The number of carbonyl (C=O) groups is 2. The van der Waals surface area contributed by atoms with Crippen LogP contribution in [0.4, 0.5) is 0 Å². The number of ether oxygens (including phenoxy) is 2. The molecule has 30 heavy (non-hydrogen) atoms. The van der Waals surface area contributed by atoms with Crippen molar-refractivity contribution in [1.82, 2.24) is 4.90 Å². The Bertz CT molecular complexity index is 886. The van der Waals surface area contributed by atoms with Crippen molar-refractivity contribution in [1.29, 1.82) is 0 Å². The van der Waals surface area contributed by atoms with E-state index in [0.29, 0.717) is 17.9 Å². The summed E-state index contributed by atoms with van der Waals surface area (Å²) in [5.74, 6) is 0.647. The van der Waals surface area contributed by atoms with Gasteiger partial charge >= 0.3 is 0 Å². The summed E-state index contributed by atoms with van der Waals surface area (Å²) in [6, 6.07) is 5.56. The van der Waals surface area contributed by atoms with Crippen LogP contribution < -0.4 is 9.47 Å². The first-order valence-electron chi connectivity index (χ1n) is 10.3. The number of carbonyl (C=O) groups excluding carboxylic acids is 2. The van der Waals surface area contributed by atoms with E-state index in [1.165, 1.54) is 4.90 Å². The Hall–Kier alpha value is -2.28. The van der Waals surface area contributed by atoms with E-state index in [0.717, 1.165) is 11.3 Å². The van der Waals surface area contributed by atoms with Crippen LogP contribution in [0.3, 0.4) is 0 Å². The van der Waals surface area contributed by atoms with E-state index in [1.807, 2.05) is 24.3 Å². The summed E-state index contributed by atoms with van der Waals surface area (Å²) in [5, 5.41) is 0.0279. The lowest BCUT2D eigenvalue weighted by molar-refractivity contribution is -0.138. The predicted molar refractivity (Wildman–Crippen MR) is 118 cm³/mol. The van der Waals surface area contributed by atoms with Crippen molar-refractivity contribution in [2.45, 2.75) is 51.2 Å². The molecule has 1 heterocycles. The maximum absolute atomic E-state index is 13.0. The third-order valence-electron chi connectivity index (χ3n) is 6.86. The van der Waals surface area contributed by atoms with Crippen LogP contribution in [0, 0.1) is 11.8 Å². The summed E-state index contributed by atoms with van der Waals surface area (Å²) in [6.45, 7) is 10.9. The third kappa shape index (κ3) is 3.75. The fourth-order valence-electron chi connectivity index (χ4n) is 4.05. The largest absolute Gasteiger partial charge is 0.547 e. The van der Waals surface area contributed by atoms with Crippen LogP contribution in [0.15, 0.2) is 30.0 Å². The lowest BCUT2D eigenvalue weighted by atomic mass is 9.73. The number of hydrogen-bond donors (Lipinski definition) is 0. The lowest BCUT2D eigenvalue weighted by Crippen LogP contribution is -2.41. The quantitative estimate of drug-likeness (QED) is 0.513. The summed E-state index contributed by atoms with van der Waals surface area (Å²) in [5.41, 5.74) is 0.833. The second-order valence-electron chi connectivity index (χ2n) is 9.70. The second-order valence-corrected chi connectivity index (χ2v) is 14.4. The SMILES string of the molecule is COc1ccc(OC)c([C@@H]2C=C(O[Si](C)(C)C(C)(C)C)C[C@H]3C(=O)N(C)C(=O)[C@H]32)c1. The Kier molecular flexibility index (Phi) is 5.80. The van der Waals surface area contributed by atoms with Crippen molar-refractivity contribution < 1.29 is 23.5 Å². The van der Waals surface area contributed by atoms with Crippen LogP contribution in [-0.4, -0.2) is 46.3 Å². The molecule has 0 radical (unpaired) electrons. The number of hydrogen-bond acceptors (Lipinski definition) is 5. The average Bonchev–Trinajstić information content (AvgIpc) is 2.90. The molecule has 3 rings (SSSR count). The zero-order valence-electron chi connectivity index (χ0n) is 19.2. The molecule has 164 valence electrons. The van der Waals surface area contributed by atoms with Crippen molar-refractivity contribution in [2.75, 3.05) is 21.3 Å². The van der Waals surface area contributed by atoms with Crippen molar-refractivity contribution in [3.63, 3.8) is 0 Å². The summed E-state index contributed by atoms with van der Waals surface area (Å²) in [4.78, 5) is 27.2. The van der Waals surface area contributed by atoms with E-state index < -0.39 is 20.2 Å². The standard InChI is InChI=1S/C23H33NO5Si/c1-23(2,3)30(7,8)29-15-12-17(16-11-14(27-5)9-10-19(16)28-6)20-18(13-15)21(25)24(4)22(20)26/h9-12,17-18,20H,13H2,1-8H3/t17-,18+,20-/m0/s1. The smallest absolute Gasteiger partial charge is 0.250 e. The highest BCUT2D eigenvalue weighted by Crippen LogP contribution is 2.49. The highest BCUT2D eigenvalue weighted by Gasteiger charge is 2.53. The Labute approximate surface area is 180 Å². The zero-order valence-corrected chi connectivity index (χ0v) is 20.2. The number of allylic oxidation sites excluding steroid dienone is 2. The number of likely N-dealkylation sites (tertiary alicyclic amines) is 1. The van der Waals surface area contributed by atoms with Gasteiger partial charge in [0.05, 0.1) is 31.8 Å². The van der Waals surface area contributed by atoms with Gasteiger partial charge in [0.15, 0.2) is 0 Å². The minimum atomic E-state index is -2.10. The molecule has 2 aliphatic rings. The molecule has 3 atom stereocenters. The van der Waals surface area contributed by atoms with Gasteiger partial charge in [-0.1, -0.05) is 20.8 Å². The first-order chi connectivity index (χ1) is 13.9. The first-order valence-corrected chi connectivity index (χ1v) is 13.2. The fourth-order valence-corrected chi connectivity index (χ4v) is 5.17. The molecule has 0 aromatic heterocycles. The monoisotopic (exact) mass is 431 g/mol. The highest BCUT2D eigenvalue weighted by molar-refractivity contribution is 6.74. The van der Waals surface area contributed by atoms with E-state index in [2.05, 4.69) is 33.9 Å². The maximum atomic E-state index is 13.0. The van der Waals surface area contributed by atoms with E-state index in [9.17, 15) is 9.59 Å². The molecule has 1 aliphatic carbocycles. The summed E-state index contributed by atoms with van der Waals surface area (Å²) in [7, 11) is 2.68. The lowest BCUT2D eigenvalue weighted by Gasteiger charge is -2.40. The van der Waals surface area contributed by atoms with Gasteiger partial charge < -0.3 is 13.9 Å². The van der Waals surface area contributed by atoms with Gasteiger partial charge in [0.2, 0.25) is 20.1 Å². The Morgan fingerprint density at radius 2 is 1.73 bits per heavy atom. The van der Waals surface area contributed by atoms with Gasteiger partial charge in [-0.15, -0.1) is 0 Å². The number of nitrogens with zero attached hydrogens (tertiary/aromatic N) is 1. The summed E-state index contributed by atoms with van der Waals surface area (Å²) in [6.07, 6.45) is 2.48. The molecule has 0 saturated carbocycles. The van der Waals surface area contributed by atoms with E-state index in [4.69, 9.17) is 13.9 Å². The van der Waals surface area contributed by atoms with Crippen LogP contribution in [-0.2, 0) is 14.0 Å². The van der Waals surface area contributed by atoms with Crippen LogP contribution in [0.25, 0.3) is 0 Å². The topological polar surface area (TPSA) is 65.1 Å². The van der Waals surface area contributed by atoms with Gasteiger partial charge in [-0.3, -0.25) is 14.5 Å². The molecule has 6 nitrogen and oxygen atoms in total. The fraction of sp³-hybridized carbons (Fsp3) is 0.565. The van der Waals surface area contributed by atoms with Gasteiger partial charge in [0, 0.05) is 24.9 Å². The molecule has 1 aliphatic heterocycles. The molecule has 0 N–H and O–H groups in total. The Morgan fingerprint density at radius 1 is 1.07 bits per heavy atom. The molecule has 7 heteroatoms. The Balaban J connectivity index is 2.12. The second kappa shape index (κ2) is 7.76. The number of fused-ring (bicyclic) bond motifs is 1. The van der Waals surface area contributed by atoms with Crippen molar-refractivity contribution in [3.8, 4) is 11.5 Å².